The fourth-order valence-corrected chi connectivity index (χ4v) is 3.18. The van der Waals surface area contributed by atoms with Gasteiger partial charge in [0, 0.05) is 31.2 Å². The van der Waals surface area contributed by atoms with Gasteiger partial charge >= 0.3 is 0 Å². The number of ether oxygens (including phenoxy) is 2. The summed E-state index contributed by atoms with van der Waals surface area (Å²) in [6.45, 7) is 5.36. The highest BCUT2D eigenvalue weighted by molar-refractivity contribution is 6.13. The normalized spacial score (nSPS) is 18.6. The van der Waals surface area contributed by atoms with Crippen molar-refractivity contribution in [1.82, 2.24) is 15.5 Å². The lowest BCUT2D eigenvalue weighted by Crippen LogP contribution is -2.39. The first-order valence-corrected chi connectivity index (χ1v) is 9.46. The molecule has 8 nitrogen and oxygen atoms in total. The number of hydrogen-bond acceptors (Lipinski definition) is 6. The second-order valence-electron chi connectivity index (χ2n) is 6.82. The molecule has 0 spiro atoms. The molecule has 150 valence electrons. The van der Waals surface area contributed by atoms with Gasteiger partial charge in [0.1, 0.15) is 0 Å². The number of fused-ring (bicyclic) bond motifs is 1. The molecule has 1 aromatic rings. The van der Waals surface area contributed by atoms with E-state index in [1.54, 1.807) is 0 Å². The van der Waals surface area contributed by atoms with E-state index in [1.165, 1.54) is 12.2 Å². The maximum Gasteiger partial charge on any atom is 0.258 e. The third-order valence-corrected chi connectivity index (χ3v) is 4.55. The largest absolute Gasteiger partial charge is 0.449 e. The molecule has 2 N–H and O–H groups in total. The number of hydrogen-bond donors (Lipinski definition) is 2. The van der Waals surface area contributed by atoms with Crippen molar-refractivity contribution in [2.45, 2.75) is 39.0 Å². The predicted octanol–water partition coefficient (Wildman–Crippen LogP) is 0.756. The molecule has 0 bridgehead atoms. The Bertz CT molecular complexity index is 774. The molecule has 2 aliphatic heterocycles. The molecular formula is C20H25N3O5. The molecule has 1 aromatic carbocycles. The van der Waals surface area contributed by atoms with Gasteiger partial charge in [-0.15, -0.1) is 0 Å². The molecule has 0 aromatic heterocycles. The van der Waals surface area contributed by atoms with E-state index in [0.29, 0.717) is 17.5 Å². The standard InChI is InChI=1S/C20H25N3O5/c1-3-21-13(2)10-14-4-5-15-16(11-14)28-20(27-15)12-22-17(24)8-9-23-18(25)6-7-19(23)26/h4-7,11,13,20-21H,3,8-10,12H2,1-2H3,(H,22,24). The van der Waals surface area contributed by atoms with E-state index in [-0.39, 0.29) is 25.4 Å². The minimum absolute atomic E-state index is 0.0330. The third kappa shape index (κ3) is 4.89. The third-order valence-electron chi connectivity index (χ3n) is 4.55. The first-order chi connectivity index (χ1) is 13.5. The number of likely N-dealkylation sites (N-methyl/N-ethyl adjacent to an activating group) is 1. The van der Waals surface area contributed by atoms with Gasteiger partial charge in [0.05, 0.1) is 6.54 Å². The summed E-state index contributed by atoms with van der Waals surface area (Å²) in [6.07, 6.45) is 2.72. The first kappa shape index (κ1) is 19.9. The molecule has 0 aliphatic carbocycles. The Balaban J connectivity index is 1.42. The SMILES string of the molecule is CCNC(C)Cc1ccc2c(c1)OC(CNC(=O)CCN1C(=O)C=CC1=O)O2. The minimum Gasteiger partial charge on any atom is -0.449 e. The molecule has 0 fully saturated rings. The summed E-state index contributed by atoms with van der Waals surface area (Å²) in [6, 6.07) is 6.21. The van der Waals surface area contributed by atoms with Crippen LogP contribution in [0.25, 0.3) is 0 Å². The minimum atomic E-state index is -0.600. The van der Waals surface area contributed by atoms with Gasteiger partial charge in [-0.2, -0.15) is 0 Å². The second-order valence-corrected chi connectivity index (χ2v) is 6.82. The molecule has 3 amide bonds. The van der Waals surface area contributed by atoms with E-state index in [9.17, 15) is 14.4 Å². The number of benzene rings is 1. The van der Waals surface area contributed by atoms with E-state index in [4.69, 9.17) is 9.47 Å². The van der Waals surface area contributed by atoms with Gasteiger partial charge < -0.3 is 20.1 Å². The number of carbonyl (C=O) groups is 3. The number of imide groups is 1. The highest BCUT2D eigenvalue weighted by Crippen LogP contribution is 2.35. The van der Waals surface area contributed by atoms with Crippen molar-refractivity contribution in [2.75, 3.05) is 19.6 Å². The Hall–Kier alpha value is -2.87. The van der Waals surface area contributed by atoms with Crippen molar-refractivity contribution in [3.63, 3.8) is 0 Å². The summed E-state index contributed by atoms with van der Waals surface area (Å²) in [7, 11) is 0. The van der Waals surface area contributed by atoms with Crippen LogP contribution in [0.5, 0.6) is 11.5 Å². The van der Waals surface area contributed by atoms with Gasteiger partial charge in [-0.3, -0.25) is 19.3 Å². The van der Waals surface area contributed by atoms with Crippen molar-refractivity contribution in [1.29, 1.82) is 0 Å². The van der Waals surface area contributed by atoms with Crippen LogP contribution in [-0.2, 0) is 20.8 Å². The molecule has 2 atom stereocenters. The summed E-state index contributed by atoms with van der Waals surface area (Å²) in [4.78, 5) is 35.9. The molecule has 0 saturated heterocycles. The van der Waals surface area contributed by atoms with Crippen LogP contribution < -0.4 is 20.1 Å². The lowest BCUT2D eigenvalue weighted by atomic mass is 10.1. The average Bonchev–Trinajstić information content (AvgIpc) is 3.21. The summed E-state index contributed by atoms with van der Waals surface area (Å²) >= 11 is 0. The van der Waals surface area contributed by atoms with Gasteiger partial charge in [0.2, 0.25) is 5.91 Å². The quantitative estimate of drug-likeness (QED) is 0.607. The molecule has 3 rings (SSSR count). The fourth-order valence-electron chi connectivity index (χ4n) is 3.18. The first-order valence-electron chi connectivity index (χ1n) is 9.46. The van der Waals surface area contributed by atoms with Gasteiger partial charge in [0.15, 0.2) is 11.5 Å². The predicted molar refractivity (Wildman–Crippen MR) is 102 cm³/mol. The highest BCUT2D eigenvalue weighted by atomic mass is 16.7. The van der Waals surface area contributed by atoms with Gasteiger partial charge in [-0.05, 0) is 37.6 Å². The Morgan fingerprint density at radius 3 is 2.61 bits per heavy atom. The van der Waals surface area contributed by atoms with Crippen LogP contribution in [0.1, 0.15) is 25.8 Å². The number of carbonyl (C=O) groups excluding carboxylic acids is 3. The van der Waals surface area contributed by atoms with E-state index in [0.717, 1.165) is 23.4 Å². The topological polar surface area (TPSA) is 97.0 Å². The van der Waals surface area contributed by atoms with E-state index in [1.807, 2.05) is 18.2 Å². The van der Waals surface area contributed by atoms with Crippen LogP contribution in [0.2, 0.25) is 0 Å². The molecule has 28 heavy (non-hydrogen) atoms. The Kier molecular flexibility index (Phi) is 6.30. The van der Waals surface area contributed by atoms with Crippen molar-refractivity contribution in [2.24, 2.45) is 0 Å². The number of rotatable bonds is 9. The molecular weight excluding hydrogens is 362 g/mol. The maximum absolute atomic E-state index is 12.0. The number of nitrogens with one attached hydrogen (secondary N) is 2. The van der Waals surface area contributed by atoms with Gasteiger partial charge in [0.25, 0.3) is 18.1 Å². The summed E-state index contributed by atoms with van der Waals surface area (Å²) in [5.41, 5.74) is 1.15. The van der Waals surface area contributed by atoms with Crippen LogP contribution >= 0.6 is 0 Å². The zero-order valence-corrected chi connectivity index (χ0v) is 16.1. The molecule has 2 aliphatic rings. The Labute approximate surface area is 163 Å². The summed E-state index contributed by atoms with van der Waals surface area (Å²) in [5, 5.41) is 6.08. The fraction of sp³-hybridized carbons (Fsp3) is 0.450. The van der Waals surface area contributed by atoms with Crippen molar-refractivity contribution in [3.05, 3.63) is 35.9 Å². The van der Waals surface area contributed by atoms with E-state index in [2.05, 4.69) is 24.5 Å². The molecule has 2 unspecified atom stereocenters. The maximum atomic E-state index is 12.0. The highest BCUT2D eigenvalue weighted by Gasteiger charge is 2.26. The Morgan fingerprint density at radius 1 is 1.18 bits per heavy atom. The lowest BCUT2D eigenvalue weighted by Gasteiger charge is -2.14. The van der Waals surface area contributed by atoms with Crippen LogP contribution in [-0.4, -0.2) is 54.6 Å². The van der Waals surface area contributed by atoms with Crippen LogP contribution in [0.3, 0.4) is 0 Å². The molecule has 0 radical (unpaired) electrons. The number of nitrogens with zero attached hydrogens (tertiary/aromatic N) is 1. The van der Waals surface area contributed by atoms with E-state index < -0.39 is 18.1 Å². The Morgan fingerprint density at radius 2 is 1.89 bits per heavy atom. The van der Waals surface area contributed by atoms with Crippen molar-refractivity contribution < 1.29 is 23.9 Å². The van der Waals surface area contributed by atoms with Crippen LogP contribution in [0, 0.1) is 0 Å². The van der Waals surface area contributed by atoms with Crippen LogP contribution in [0.4, 0.5) is 0 Å². The summed E-state index contributed by atoms with van der Waals surface area (Å²) < 4.78 is 11.5. The summed E-state index contributed by atoms with van der Waals surface area (Å²) in [5.74, 6) is 0.249. The lowest BCUT2D eigenvalue weighted by molar-refractivity contribution is -0.137. The smallest absolute Gasteiger partial charge is 0.258 e. The van der Waals surface area contributed by atoms with Crippen molar-refractivity contribution >= 4 is 17.7 Å². The molecule has 8 heteroatoms. The zero-order chi connectivity index (χ0) is 20.1. The van der Waals surface area contributed by atoms with Crippen LogP contribution in [0.15, 0.2) is 30.4 Å². The number of amides is 3. The zero-order valence-electron chi connectivity index (χ0n) is 16.1. The second kappa shape index (κ2) is 8.88. The average molecular weight is 387 g/mol. The molecule has 0 saturated carbocycles. The van der Waals surface area contributed by atoms with Gasteiger partial charge in [-0.1, -0.05) is 13.0 Å². The monoisotopic (exact) mass is 387 g/mol. The van der Waals surface area contributed by atoms with Gasteiger partial charge in [-0.25, -0.2) is 0 Å². The van der Waals surface area contributed by atoms with E-state index >= 15 is 0 Å². The van der Waals surface area contributed by atoms with Crippen molar-refractivity contribution in [3.8, 4) is 11.5 Å². The molecule has 2 heterocycles.